The molecule has 0 saturated heterocycles. The van der Waals surface area contributed by atoms with Gasteiger partial charge in [0.2, 0.25) is 0 Å². The summed E-state index contributed by atoms with van der Waals surface area (Å²) in [5.41, 5.74) is 6.71. The lowest BCUT2D eigenvalue weighted by molar-refractivity contribution is 0.795. The molecule has 0 bridgehead atoms. The third-order valence-electron chi connectivity index (χ3n) is 7.46. The van der Waals surface area contributed by atoms with Gasteiger partial charge in [-0.2, -0.15) is 0 Å². The van der Waals surface area contributed by atoms with Gasteiger partial charge in [0, 0.05) is 42.3 Å². The summed E-state index contributed by atoms with van der Waals surface area (Å²) in [5.74, 6) is 2.77. The van der Waals surface area contributed by atoms with E-state index < -0.39 is 0 Å². The van der Waals surface area contributed by atoms with E-state index in [0.717, 1.165) is 60.2 Å². The Morgan fingerprint density at radius 3 is 1.40 bits per heavy atom. The average molecular weight is 527 g/mol. The van der Waals surface area contributed by atoms with E-state index in [4.69, 9.17) is 15.0 Å². The summed E-state index contributed by atoms with van der Waals surface area (Å²) >= 11 is 0. The number of aryl methyl sites for hydroxylation is 3. The molecule has 40 heavy (non-hydrogen) atoms. The number of para-hydroxylation sites is 3. The average Bonchev–Trinajstić information content (AvgIpc) is 2.96. The van der Waals surface area contributed by atoms with Crippen LogP contribution in [0, 0.1) is 20.8 Å². The van der Waals surface area contributed by atoms with Gasteiger partial charge in [-0.15, -0.1) is 0 Å². The molecule has 0 radical (unpaired) electrons. The van der Waals surface area contributed by atoms with E-state index in [9.17, 15) is 0 Å². The molecule has 0 aliphatic heterocycles. The number of aromatic nitrogens is 3. The fourth-order valence-corrected chi connectivity index (χ4v) is 5.35. The largest absolute Gasteiger partial charge is 0.368 e. The monoisotopic (exact) mass is 526 g/mol. The predicted molar refractivity (Wildman–Crippen MR) is 169 cm³/mol. The number of fused-ring (bicyclic) bond motifs is 3. The second-order valence-corrected chi connectivity index (χ2v) is 10.3. The van der Waals surface area contributed by atoms with Gasteiger partial charge in [0.05, 0.1) is 16.6 Å². The van der Waals surface area contributed by atoms with Crippen molar-refractivity contribution in [1.29, 1.82) is 0 Å². The minimum Gasteiger partial charge on any atom is -0.368 e. The molecule has 0 atom stereocenters. The zero-order valence-corrected chi connectivity index (χ0v) is 23.3. The van der Waals surface area contributed by atoms with Crippen LogP contribution in [0.15, 0.2) is 91.0 Å². The van der Waals surface area contributed by atoms with E-state index >= 15 is 0 Å². The Hall–Kier alpha value is -4.71. The minimum atomic E-state index is 0.742. The van der Waals surface area contributed by atoms with Crippen LogP contribution < -0.4 is 15.5 Å². The second kappa shape index (κ2) is 11.2. The van der Waals surface area contributed by atoms with Crippen molar-refractivity contribution in [3.63, 3.8) is 0 Å². The number of rotatable bonds is 9. The lowest BCUT2D eigenvalue weighted by Crippen LogP contribution is -2.34. The van der Waals surface area contributed by atoms with Gasteiger partial charge in [0.25, 0.3) is 0 Å². The lowest BCUT2D eigenvalue weighted by atomic mass is 10.1. The number of benzene rings is 3. The van der Waals surface area contributed by atoms with E-state index in [-0.39, 0.29) is 0 Å². The van der Waals surface area contributed by atoms with E-state index in [0.29, 0.717) is 0 Å². The van der Waals surface area contributed by atoms with E-state index in [1.807, 2.05) is 18.2 Å². The van der Waals surface area contributed by atoms with Crippen LogP contribution in [0.3, 0.4) is 0 Å². The highest BCUT2D eigenvalue weighted by molar-refractivity contribution is 5.85. The number of hydrogen-bond donors (Lipinski definition) is 2. The van der Waals surface area contributed by atoms with Gasteiger partial charge in [-0.25, -0.2) is 15.0 Å². The third kappa shape index (κ3) is 5.38. The SMILES string of the molecule is Cc1cc(NCCN(CCNc2cc(C)c3ccccc3n2)c2cc(C)c3ccccc3n2)nc2ccccc12. The number of nitrogens with zero attached hydrogens (tertiary/aromatic N) is 4. The first-order valence-corrected chi connectivity index (χ1v) is 13.9. The van der Waals surface area contributed by atoms with Crippen molar-refractivity contribution in [3.05, 3.63) is 108 Å². The molecule has 3 heterocycles. The summed E-state index contributed by atoms with van der Waals surface area (Å²) in [5, 5.41) is 10.7. The molecule has 3 aromatic heterocycles. The summed E-state index contributed by atoms with van der Waals surface area (Å²) in [7, 11) is 0. The molecule has 0 unspecified atom stereocenters. The molecule has 200 valence electrons. The van der Waals surface area contributed by atoms with Gasteiger partial charge in [0.15, 0.2) is 0 Å². The molecule has 3 aromatic carbocycles. The van der Waals surface area contributed by atoms with Crippen molar-refractivity contribution >= 4 is 50.2 Å². The Labute approximate surface area is 235 Å². The summed E-state index contributed by atoms with van der Waals surface area (Å²) < 4.78 is 0. The summed E-state index contributed by atoms with van der Waals surface area (Å²) in [6, 6.07) is 31.3. The summed E-state index contributed by atoms with van der Waals surface area (Å²) in [6.07, 6.45) is 0. The molecule has 0 amide bonds. The number of pyridine rings is 3. The van der Waals surface area contributed by atoms with Gasteiger partial charge in [0.1, 0.15) is 17.5 Å². The molecule has 6 nitrogen and oxygen atoms in total. The lowest BCUT2D eigenvalue weighted by Gasteiger charge is -2.25. The van der Waals surface area contributed by atoms with Crippen molar-refractivity contribution < 1.29 is 0 Å². The molecule has 0 aliphatic rings. The Morgan fingerprint density at radius 2 is 0.925 bits per heavy atom. The molecule has 0 spiro atoms. The highest BCUT2D eigenvalue weighted by Crippen LogP contribution is 2.24. The van der Waals surface area contributed by atoms with Gasteiger partial charge >= 0.3 is 0 Å². The van der Waals surface area contributed by atoms with E-state index in [2.05, 4.69) is 109 Å². The van der Waals surface area contributed by atoms with Gasteiger partial charge in [-0.1, -0.05) is 54.6 Å². The van der Waals surface area contributed by atoms with Crippen molar-refractivity contribution in [1.82, 2.24) is 15.0 Å². The smallest absolute Gasteiger partial charge is 0.129 e. The van der Waals surface area contributed by atoms with Crippen molar-refractivity contribution in [2.24, 2.45) is 0 Å². The van der Waals surface area contributed by atoms with Crippen molar-refractivity contribution in [3.8, 4) is 0 Å². The second-order valence-electron chi connectivity index (χ2n) is 10.3. The molecule has 6 rings (SSSR count). The minimum absolute atomic E-state index is 0.742. The van der Waals surface area contributed by atoms with Crippen LogP contribution in [0.25, 0.3) is 32.7 Å². The first-order chi connectivity index (χ1) is 19.5. The van der Waals surface area contributed by atoms with Crippen LogP contribution in [0.1, 0.15) is 16.7 Å². The van der Waals surface area contributed by atoms with Crippen LogP contribution in [0.2, 0.25) is 0 Å². The number of hydrogen-bond acceptors (Lipinski definition) is 6. The summed E-state index contributed by atoms with van der Waals surface area (Å²) in [4.78, 5) is 17.0. The van der Waals surface area contributed by atoms with Gasteiger partial charge in [-0.3, -0.25) is 0 Å². The molecular weight excluding hydrogens is 492 g/mol. The molecule has 0 fully saturated rings. The van der Waals surface area contributed by atoms with Crippen LogP contribution in [-0.4, -0.2) is 41.1 Å². The Bertz CT molecular complexity index is 1720. The van der Waals surface area contributed by atoms with E-state index in [1.165, 1.54) is 32.8 Å². The zero-order chi connectivity index (χ0) is 27.5. The molecule has 0 aliphatic carbocycles. The highest BCUT2D eigenvalue weighted by atomic mass is 15.2. The summed E-state index contributed by atoms with van der Waals surface area (Å²) in [6.45, 7) is 9.48. The van der Waals surface area contributed by atoms with E-state index in [1.54, 1.807) is 0 Å². The number of anilines is 3. The van der Waals surface area contributed by atoms with Crippen molar-refractivity contribution in [2.45, 2.75) is 20.8 Å². The standard InChI is InChI=1S/C34H34N6/c1-23-20-32(37-29-13-7-4-10-26(23)29)35-16-18-40(34-22-25(3)28-12-6-9-15-31(28)39-34)19-17-36-33-21-24(2)27-11-5-8-14-30(27)38-33/h4-15,20-22H,16-19H2,1-3H3,(H,35,37)(H,36,38). The highest BCUT2D eigenvalue weighted by Gasteiger charge is 2.12. The molecule has 0 saturated carbocycles. The van der Waals surface area contributed by atoms with Gasteiger partial charge in [-0.05, 0) is 73.9 Å². The van der Waals surface area contributed by atoms with Crippen LogP contribution in [-0.2, 0) is 0 Å². The number of nitrogens with one attached hydrogen (secondary N) is 2. The topological polar surface area (TPSA) is 66.0 Å². The Kier molecular flexibility index (Phi) is 7.15. The molecule has 6 heteroatoms. The molecular formula is C34H34N6. The third-order valence-corrected chi connectivity index (χ3v) is 7.46. The van der Waals surface area contributed by atoms with Crippen LogP contribution in [0.5, 0.6) is 0 Å². The Balaban J connectivity index is 1.20. The maximum Gasteiger partial charge on any atom is 0.129 e. The maximum atomic E-state index is 5.04. The van der Waals surface area contributed by atoms with Crippen LogP contribution in [0.4, 0.5) is 17.5 Å². The molecule has 6 aromatic rings. The zero-order valence-electron chi connectivity index (χ0n) is 23.3. The first kappa shape index (κ1) is 25.6. The normalized spacial score (nSPS) is 11.3. The van der Waals surface area contributed by atoms with Crippen molar-refractivity contribution in [2.75, 3.05) is 41.7 Å². The van der Waals surface area contributed by atoms with Crippen LogP contribution >= 0.6 is 0 Å². The maximum absolute atomic E-state index is 5.04. The Morgan fingerprint density at radius 1 is 0.525 bits per heavy atom. The first-order valence-electron chi connectivity index (χ1n) is 13.9. The fourth-order valence-electron chi connectivity index (χ4n) is 5.35. The van der Waals surface area contributed by atoms with Gasteiger partial charge < -0.3 is 15.5 Å². The quantitative estimate of drug-likeness (QED) is 0.206. The predicted octanol–water partition coefficient (Wildman–Crippen LogP) is 7.29. The fraction of sp³-hybridized carbons (Fsp3) is 0.206. The molecule has 2 N–H and O–H groups in total.